The highest BCUT2D eigenvalue weighted by molar-refractivity contribution is 7.14. The molecule has 4 aromatic rings. The first-order valence-electron chi connectivity index (χ1n) is 15.5. The smallest absolute Gasteiger partial charge is 0.414 e. The van der Waals surface area contributed by atoms with Gasteiger partial charge in [-0.3, -0.25) is 15.0 Å². The van der Waals surface area contributed by atoms with Crippen LogP contribution in [-0.2, 0) is 17.7 Å². The third-order valence-electron chi connectivity index (χ3n) is 9.11. The van der Waals surface area contributed by atoms with E-state index in [0.717, 1.165) is 42.0 Å². The van der Waals surface area contributed by atoms with E-state index < -0.39 is 18.0 Å². The van der Waals surface area contributed by atoms with E-state index in [2.05, 4.69) is 4.90 Å². The molecule has 3 saturated heterocycles. The van der Waals surface area contributed by atoms with Crippen molar-refractivity contribution in [3.05, 3.63) is 103 Å². The molecule has 7 rings (SSSR count). The van der Waals surface area contributed by atoms with Crippen molar-refractivity contribution >= 4 is 52.3 Å². The summed E-state index contributed by atoms with van der Waals surface area (Å²) in [6, 6.07) is 16.3. The number of hydrogen-bond acceptors (Lipinski definition) is 9. The molecule has 48 heavy (non-hydrogen) atoms. The highest BCUT2D eigenvalue weighted by Gasteiger charge is 2.38. The van der Waals surface area contributed by atoms with Crippen LogP contribution < -0.4 is 24.2 Å². The predicted octanol–water partition coefficient (Wildman–Crippen LogP) is 5.57. The maximum Gasteiger partial charge on any atom is 0.414 e. The number of piperidine rings is 3. The number of fused-ring (bicyclic) bond motifs is 3. The number of carboxylic acid groups (broad SMARTS) is 1. The van der Waals surface area contributed by atoms with Gasteiger partial charge in [0, 0.05) is 33.3 Å². The molecular formula is C35H35Cl2N3O7S. The number of para-hydroxylation sites is 1. The van der Waals surface area contributed by atoms with Gasteiger partial charge >= 0.3 is 6.09 Å². The summed E-state index contributed by atoms with van der Waals surface area (Å²) in [6.07, 6.45) is 4.11. The van der Waals surface area contributed by atoms with Crippen molar-refractivity contribution in [2.45, 2.75) is 37.8 Å². The number of carbonyl (C=O) groups excluding carboxylic acids is 2. The lowest BCUT2D eigenvalue weighted by Gasteiger charge is -2.44. The minimum absolute atomic E-state index is 0.00366. The van der Waals surface area contributed by atoms with Crippen molar-refractivity contribution in [1.82, 2.24) is 4.90 Å². The lowest BCUT2D eigenvalue weighted by atomic mass is 9.85. The molecule has 3 aliphatic rings. The number of anilines is 1. The number of pyridine rings is 1. The molecule has 252 valence electrons. The second-order valence-corrected chi connectivity index (χ2v) is 13.9. The lowest BCUT2D eigenvalue weighted by Crippen LogP contribution is -2.53. The van der Waals surface area contributed by atoms with Crippen LogP contribution in [0.1, 0.15) is 50.0 Å². The number of methoxy groups -OCH3 is 2. The van der Waals surface area contributed by atoms with E-state index in [1.54, 1.807) is 23.1 Å². The molecule has 10 nitrogen and oxygen atoms in total. The number of hydrogen-bond donors (Lipinski definition) is 1. The Morgan fingerprint density at radius 1 is 1.04 bits per heavy atom. The highest BCUT2D eigenvalue weighted by atomic mass is 35.5. The van der Waals surface area contributed by atoms with Crippen LogP contribution >= 0.6 is 34.5 Å². The number of amides is 1. The summed E-state index contributed by atoms with van der Waals surface area (Å²) in [5.74, 6) is -0.672. The van der Waals surface area contributed by atoms with E-state index in [0.29, 0.717) is 51.2 Å². The van der Waals surface area contributed by atoms with Gasteiger partial charge < -0.3 is 24.1 Å². The van der Waals surface area contributed by atoms with Gasteiger partial charge in [0.05, 0.1) is 31.6 Å². The Kier molecular flexibility index (Phi) is 10.3. The fourth-order valence-corrected chi connectivity index (χ4v) is 8.28. The van der Waals surface area contributed by atoms with Gasteiger partial charge in [-0.25, -0.2) is 4.79 Å². The van der Waals surface area contributed by atoms with Crippen molar-refractivity contribution in [2.24, 2.45) is 5.92 Å². The minimum Gasteiger partial charge on any atom is -0.544 e. The SMILES string of the molecule is COc1ccc([C@H](Cc2c(Cl)c[n+](O)cc2Cl)c2cc(CN(C(=O)O[C@H]3CN4CCC3CC4)c3ccccc3)sc2C(=O)[O-])cc1OC. The molecule has 0 spiro atoms. The van der Waals surface area contributed by atoms with E-state index in [-0.39, 0.29) is 34.0 Å². The van der Waals surface area contributed by atoms with Crippen LogP contribution in [0.5, 0.6) is 11.5 Å². The number of aromatic carboxylic acids is 1. The summed E-state index contributed by atoms with van der Waals surface area (Å²) in [5.41, 5.74) is 2.29. The van der Waals surface area contributed by atoms with Gasteiger partial charge in [0.15, 0.2) is 11.5 Å². The van der Waals surface area contributed by atoms with E-state index in [1.807, 2.05) is 36.4 Å². The third kappa shape index (κ3) is 7.19. The fraction of sp³-hybridized carbons (Fsp3) is 0.343. The van der Waals surface area contributed by atoms with Gasteiger partial charge in [-0.05, 0) is 79.7 Å². The molecule has 2 aromatic heterocycles. The Hall–Kier alpha value is -4.03. The second kappa shape index (κ2) is 14.6. The zero-order chi connectivity index (χ0) is 33.9. The van der Waals surface area contributed by atoms with Crippen LogP contribution in [0.15, 0.2) is 67.0 Å². The zero-order valence-corrected chi connectivity index (χ0v) is 28.8. The van der Waals surface area contributed by atoms with Crippen LogP contribution in [0.4, 0.5) is 10.5 Å². The topological polar surface area (TPSA) is 115 Å². The average molecular weight is 713 g/mol. The molecule has 2 bridgehead atoms. The molecule has 0 radical (unpaired) electrons. The molecule has 3 aliphatic heterocycles. The van der Waals surface area contributed by atoms with Crippen molar-refractivity contribution in [1.29, 1.82) is 0 Å². The van der Waals surface area contributed by atoms with Crippen molar-refractivity contribution in [3.63, 3.8) is 0 Å². The Balaban J connectivity index is 1.39. The van der Waals surface area contributed by atoms with Gasteiger partial charge in [0.25, 0.3) is 0 Å². The van der Waals surface area contributed by atoms with E-state index in [9.17, 15) is 19.9 Å². The normalized spacial score (nSPS) is 19.0. The van der Waals surface area contributed by atoms with E-state index in [4.69, 9.17) is 37.4 Å². The molecule has 3 fully saturated rings. The summed E-state index contributed by atoms with van der Waals surface area (Å²) in [6.45, 7) is 2.83. The Morgan fingerprint density at radius 2 is 1.73 bits per heavy atom. The summed E-state index contributed by atoms with van der Waals surface area (Å²) < 4.78 is 17.9. The first-order valence-corrected chi connectivity index (χ1v) is 17.1. The highest BCUT2D eigenvalue weighted by Crippen LogP contribution is 2.41. The first kappa shape index (κ1) is 33.9. The van der Waals surface area contributed by atoms with Gasteiger partial charge in [0.1, 0.15) is 16.1 Å². The number of carbonyl (C=O) groups is 2. The number of rotatable bonds is 11. The standard InChI is InChI=1S/C35H35Cl2N3O7S/c1-45-30-9-8-22(14-31(30)46-2)25(16-27-28(36)18-39(44)19-29(27)37)26-15-24(48-33(26)34(41)42)17-40(23-6-4-3-5-7-23)35(43)47-32-20-38-12-10-21(32)11-13-38/h3-9,14-15,18-19,21,25,32H,10-13,16-17,20H2,1-2H3,(H-,41,42,44)/t25-,32-/m0/s1. The third-order valence-corrected chi connectivity index (χ3v) is 10.9. The van der Waals surface area contributed by atoms with Gasteiger partial charge in [-0.2, -0.15) is 0 Å². The van der Waals surface area contributed by atoms with Gasteiger partial charge in [-0.15, -0.1) is 11.3 Å². The van der Waals surface area contributed by atoms with Crippen molar-refractivity contribution in [2.75, 3.05) is 38.8 Å². The molecule has 0 aliphatic carbocycles. The van der Waals surface area contributed by atoms with Crippen molar-refractivity contribution < 1.29 is 38.8 Å². The van der Waals surface area contributed by atoms with Crippen LogP contribution in [0.25, 0.3) is 0 Å². The number of nitrogens with zero attached hydrogens (tertiary/aromatic N) is 3. The molecule has 0 unspecified atom stereocenters. The number of halogens is 2. The quantitative estimate of drug-likeness (QED) is 0.159. The maximum atomic E-state index is 13.8. The largest absolute Gasteiger partial charge is 0.544 e. The van der Waals surface area contributed by atoms with Gasteiger partial charge in [0.2, 0.25) is 12.4 Å². The second-order valence-electron chi connectivity index (χ2n) is 12.0. The number of benzene rings is 2. The summed E-state index contributed by atoms with van der Waals surface area (Å²) in [4.78, 5) is 31.0. The molecule has 13 heteroatoms. The molecule has 2 atom stereocenters. The number of thiophene rings is 1. The number of aromatic nitrogens is 1. The lowest BCUT2D eigenvalue weighted by molar-refractivity contribution is -0.904. The number of carboxylic acids is 1. The Bertz CT molecular complexity index is 1770. The summed E-state index contributed by atoms with van der Waals surface area (Å²) in [7, 11) is 3.05. The molecule has 2 aromatic carbocycles. The monoisotopic (exact) mass is 711 g/mol. The molecular weight excluding hydrogens is 677 g/mol. The zero-order valence-electron chi connectivity index (χ0n) is 26.4. The van der Waals surface area contributed by atoms with Crippen LogP contribution in [0.2, 0.25) is 10.0 Å². The van der Waals surface area contributed by atoms with Crippen LogP contribution in [-0.4, -0.2) is 62.1 Å². The Morgan fingerprint density at radius 3 is 2.33 bits per heavy atom. The maximum absolute atomic E-state index is 13.8. The molecule has 1 N–H and O–H groups in total. The van der Waals surface area contributed by atoms with E-state index in [1.165, 1.54) is 26.6 Å². The van der Waals surface area contributed by atoms with Crippen LogP contribution in [0, 0.1) is 5.92 Å². The summed E-state index contributed by atoms with van der Waals surface area (Å²) >= 11 is 14.1. The number of ether oxygens (including phenoxy) is 3. The van der Waals surface area contributed by atoms with Gasteiger partial charge in [-0.1, -0.05) is 47.5 Å². The van der Waals surface area contributed by atoms with Crippen molar-refractivity contribution in [3.8, 4) is 11.5 Å². The molecule has 5 heterocycles. The predicted molar refractivity (Wildman–Crippen MR) is 180 cm³/mol. The molecule has 0 saturated carbocycles. The summed E-state index contributed by atoms with van der Waals surface area (Å²) in [5, 5.41) is 23.1. The minimum atomic E-state index is -1.36. The van der Waals surface area contributed by atoms with E-state index >= 15 is 0 Å². The average Bonchev–Trinajstić information content (AvgIpc) is 3.51. The first-order chi connectivity index (χ1) is 23.1. The molecule has 1 amide bonds. The Labute approximate surface area is 292 Å². The fourth-order valence-electron chi connectivity index (χ4n) is 6.63. The van der Waals surface area contributed by atoms with Crippen LogP contribution in [0.3, 0.4) is 0 Å².